The minimum atomic E-state index is 1.31. The molecule has 0 radical (unpaired) electrons. The first-order valence-corrected chi connectivity index (χ1v) is 5.40. The molecule has 1 nitrogen and oxygen atoms in total. The van der Waals surface area contributed by atoms with Gasteiger partial charge in [-0.2, -0.15) is 0 Å². The molecule has 0 spiro atoms. The molecule has 0 aromatic heterocycles. The zero-order valence-corrected chi connectivity index (χ0v) is 7.62. The van der Waals surface area contributed by atoms with E-state index < -0.39 is 0 Å². The smallest absolute Gasteiger partial charge is 0.00892 e. The van der Waals surface area contributed by atoms with Crippen LogP contribution in [0.5, 0.6) is 0 Å². The summed E-state index contributed by atoms with van der Waals surface area (Å²) in [4.78, 5) is 0. The van der Waals surface area contributed by atoms with Crippen LogP contribution in [0.2, 0.25) is 0 Å². The van der Waals surface area contributed by atoms with Gasteiger partial charge in [-0.25, -0.2) is 0 Å². The third-order valence-corrected chi connectivity index (χ3v) is 2.95. The molecule has 1 aliphatic rings. The molecule has 0 N–H and O–H groups in total. The first-order valence-electron chi connectivity index (χ1n) is 4.22. The summed E-state index contributed by atoms with van der Waals surface area (Å²) in [6, 6.07) is 0. The minimum Gasteiger partial charge on any atom is -0.251 e. The van der Waals surface area contributed by atoms with Gasteiger partial charge in [0.2, 0.25) is 0 Å². The second-order valence-corrected chi connectivity index (χ2v) is 3.76. The van der Waals surface area contributed by atoms with Crippen molar-refractivity contribution in [3.8, 4) is 0 Å². The predicted octanol–water partition coefficient (Wildman–Crippen LogP) is 2.53. The highest BCUT2D eigenvalue weighted by Gasteiger charge is 2.04. The SMILES string of the molecule is CSN1CCCCCCC1. The van der Waals surface area contributed by atoms with Crippen LogP contribution >= 0.6 is 11.9 Å². The number of hydrogen-bond acceptors (Lipinski definition) is 2. The summed E-state index contributed by atoms with van der Waals surface area (Å²) in [5.74, 6) is 0. The highest BCUT2D eigenvalue weighted by molar-refractivity contribution is 7.96. The van der Waals surface area contributed by atoms with Crippen molar-refractivity contribution in [3.05, 3.63) is 0 Å². The maximum Gasteiger partial charge on any atom is 0.00892 e. The van der Waals surface area contributed by atoms with Crippen molar-refractivity contribution in [1.29, 1.82) is 0 Å². The largest absolute Gasteiger partial charge is 0.251 e. The fourth-order valence-corrected chi connectivity index (χ4v) is 2.02. The highest BCUT2D eigenvalue weighted by Crippen LogP contribution is 2.14. The molecule has 0 aromatic carbocycles. The van der Waals surface area contributed by atoms with E-state index in [4.69, 9.17) is 0 Å². The van der Waals surface area contributed by atoms with Crippen molar-refractivity contribution in [2.75, 3.05) is 19.3 Å². The summed E-state index contributed by atoms with van der Waals surface area (Å²) in [7, 11) is 0. The van der Waals surface area contributed by atoms with E-state index in [1.165, 1.54) is 45.2 Å². The van der Waals surface area contributed by atoms with E-state index in [2.05, 4.69) is 10.6 Å². The van der Waals surface area contributed by atoms with Crippen LogP contribution in [0.1, 0.15) is 32.1 Å². The van der Waals surface area contributed by atoms with E-state index >= 15 is 0 Å². The molecule has 1 saturated heterocycles. The van der Waals surface area contributed by atoms with Gasteiger partial charge in [0.05, 0.1) is 0 Å². The van der Waals surface area contributed by atoms with E-state index in [0.29, 0.717) is 0 Å². The van der Waals surface area contributed by atoms with Gasteiger partial charge in [0.15, 0.2) is 0 Å². The standard InChI is InChI=1S/C8H17NS/c1-10-9-7-5-3-2-4-6-8-9/h2-8H2,1H3. The van der Waals surface area contributed by atoms with Crippen molar-refractivity contribution in [2.45, 2.75) is 32.1 Å². The first-order chi connectivity index (χ1) is 4.93. The fourth-order valence-electron chi connectivity index (χ4n) is 1.40. The number of hydrogen-bond donors (Lipinski definition) is 0. The zero-order chi connectivity index (χ0) is 7.23. The molecule has 0 bridgehead atoms. The Labute approximate surface area is 68.3 Å². The Morgan fingerprint density at radius 2 is 1.40 bits per heavy atom. The Morgan fingerprint density at radius 3 is 1.90 bits per heavy atom. The van der Waals surface area contributed by atoms with Crippen molar-refractivity contribution < 1.29 is 0 Å². The molecule has 60 valence electrons. The Balaban J connectivity index is 2.16. The highest BCUT2D eigenvalue weighted by atomic mass is 32.2. The Hall–Kier alpha value is 0.310. The van der Waals surface area contributed by atoms with Crippen LogP contribution in [-0.2, 0) is 0 Å². The average Bonchev–Trinajstić information content (AvgIpc) is 1.87. The van der Waals surface area contributed by atoms with Crippen molar-refractivity contribution in [3.63, 3.8) is 0 Å². The molecular formula is C8H17NS. The van der Waals surface area contributed by atoms with Gasteiger partial charge >= 0.3 is 0 Å². The number of rotatable bonds is 1. The third kappa shape index (κ3) is 2.93. The van der Waals surface area contributed by atoms with Crippen molar-refractivity contribution >= 4 is 11.9 Å². The summed E-state index contributed by atoms with van der Waals surface area (Å²) >= 11 is 1.90. The summed E-state index contributed by atoms with van der Waals surface area (Å²) in [6.07, 6.45) is 9.33. The molecule has 10 heavy (non-hydrogen) atoms. The Morgan fingerprint density at radius 1 is 0.900 bits per heavy atom. The van der Waals surface area contributed by atoms with Gasteiger partial charge in [-0.15, -0.1) is 0 Å². The van der Waals surface area contributed by atoms with Crippen LogP contribution in [0.15, 0.2) is 0 Å². The molecule has 0 saturated carbocycles. The van der Waals surface area contributed by atoms with E-state index in [-0.39, 0.29) is 0 Å². The van der Waals surface area contributed by atoms with Crippen LogP contribution in [0, 0.1) is 0 Å². The zero-order valence-electron chi connectivity index (χ0n) is 6.81. The van der Waals surface area contributed by atoms with Gasteiger partial charge in [-0.3, -0.25) is 4.31 Å². The maximum atomic E-state index is 2.49. The van der Waals surface area contributed by atoms with E-state index in [9.17, 15) is 0 Å². The average molecular weight is 159 g/mol. The van der Waals surface area contributed by atoms with Gasteiger partial charge in [-0.05, 0) is 19.1 Å². The summed E-state index contributed by atoms with van der Waals surface area (Å²) in [6.45, 7) is 2.61. The molecule has 0 aromatic rings. The second kappa shape index (κ2) is 5.03. The molecule has 0 amide bonds. The van der Waals surface area contributed by atoms with Crippen LogP contribution in [-0.4, -0.2) is 23.7 Å². The lowest BCUT2D eigenvalue weighted by Crippen LogP contribution is -2.19. The minimum absolute atomic E-state index is 1.31. The molecule has 0 aliphatic carbocycles. The van der Waals surface area contributed by atoms with Crippen LogP contribution in [0.25, 0.3) is 0 Å². The van der Waals surface area contributed by atoms with E-state index in [1.54, 1.807) is 0 Å². The molecule has 1 aliphatic heterocycles. The second-order valence-electron chi connectivity index (χ2n) is 2.88. The lowest BCUT2D eigenvalue weighted by atomic mass is 10.1. The monoisotopic (exact) mass is 159 g/mol. The maximum absolute atomic E-state index is 2.49. The van der Waals surface area contributed by atoms with Gasteiger partial charge in [0.1, 0.15) is 0 Å². The topological polar surface area (TPSA) is 3.24 Å². The van der Waals surface area contributed by atoms with Gasteiger partial charge in [-0.1, -0.05) is 31.2 Å². The predicted molar refractivity (Wildman–Crippen MR) is 48.2 cm³/mol. The molecule has 0 unspecified atom stereocenters. The normalized spacial score (nSPS) is 23.7. The summed E-state index contributed by atoms with van der Waals surface area (Å²) < 4.78 is 2.49. The Kier molecular flexibility index (Phi) is 4.23. The Bertz CT molecular complexity index is 77.3. The lowest BCUT2D eigenvalue weighted by molar-refractivity contribution is 0.399. The van der Waals surface area contributed by atoms with Crippen molar-refractivity contribution in [1.82, 2.24) is 4.31 Å². The van der Waals surface area contributed by atoms with Gasteiger partial charge in [0.25, 0.3) is 0 Å². The number of nitrogens with zero attached hydrogens (tertiary/aromatic N) is 1. The van der Waals surface area contributed by atoms with E-state index in [0.717, 1.165) is 0 Å². The van der Waals surface area contributed by atoms with E-state index in [1.807, 2.05) is 11.9 Å². The molecular weight excluding hydrogens is 142 g/mol. The third-order valence-electron chi connectivity index (χ3n) is 2.07. The van der Waals surface area contributed by atoms with Crippen molar-refractivity contribution in [2.24, 2.45) is 0 Å². The molecule has 1 rings (SSSR count). The summed E-state index contributed by atoms with van der Waals surface area (Å²) in [5.41, 5.74) is 0. The first kappa shape index (κ1) is 8.41. The molecule has 2 heteroatoms. The van der Waals surface area contributed by atoms with Crippen LogP contribution in [0.3, 0.4) is 0 Å². The van der Waals surface area contributed by atoms with Gasteiger partial charge in [0, 0.05) is 13.1 Å². The molecule has 0 atom stereocenters. The molecule has 1 fully saturated rings. The fraction of sp³-hybridized carbons (Fsp3) is 1.00. The molecule has 1 heterocycles. The van der Waals surface area contributed by atoms with Crippen LogP contribution in [0.4, 0.5) is 0 Å². The summed E-state index contributed by atoms with van der Waals surface area (Å²) in [5, 5.41) is 0. The lowest BCUT2D eigenvalue weighted by Gasteiger charge is -2.21. The van der Waals surface area contributed by atoms with Gasteiger partial charge < -0.3 is 0 Å². The van der Waals surface area contributed by atoms with Crippen LogP contribution < -0.4 is 0 Å². The quantitative estimate of drug-likeness (QED) is 0.541.